The van der Waals surface area contributed by atoms with Gasteiger partial charge in [-0.2, -0.15) is 0 Å². The first-order chi connectivity index (χ1) is 7.04. The monoisotopic (exact) mass is 212 g/mol. The second-order valence-electron chi connectivity index (χ2n) is 2.96. The minimum atomic E-state index is -0.850. The topological polar surface area (TPSA) is 84.6 Å². The number of nitro groups is 1. The molecule has 2 N–H and O–H groups in total. The van der Waals surface area contributed by atoms with Gasteiger partial charge in [0.1, 0.15) is 17.7 Å². The average Bonchev–Trinajstić information content (AvgIpc) is 2.17. The summed E-state index contributed by atoms with van der Waals surface area (Å²) in [6.45, 7) is 1.48. The molecule has 0 fully saturated rings. The molecule has 0 aliphatic heterocycles. The van der Waals surface area contributed by atoms with Crippen LogP contribution in [0.15, 0.2) is 18.2 Å². The first kappa shape index (κ1) is 11.3. The van der Waals surface area contributed by atoms with Crippen LogP contribution in [0.5, 0.6) is 5.75 Å². The summed E-state index contributed by atoms with van der Waals surface area (Å²) in [5.41, 5.74) is 0.131. The Balaban J connectivity index is 3.09. The lowest BCUT2D eigenvalue weighted by Crippen LogP contribution is -2.14. The minimum absolute atomic E-state index is 0.129. The van der Waals surface area contributed by atoms with Crippen LogP contribution in [0.1, 0.15) is 6.92 Å². The van der Waals surface area contributed by atoms with E-state index in [1.54, 1.807) is 6.07 Å². The standard InChI is InChI=1S/C9H12N2O4/c1-6(12)10-8-4-3-7(15-2)5-9(8)11(13)14/h3-6,10,12H,1-2H3. The molecule has 0 aromatic heterocycles. The largest absolute Gasteiger partial charge is 0.496 e. The van der Waals surface area contributed by atoms with Crippen molar-refractivity contribution < 1.29 is 14.8 Å². The van der Waals surface area contributed by atoms with Crippen LogP contribution in [0.2, 0.25) is 0 Å². The maximum atomic E-state index is 10.7. The summed E-state index contributed by atoms with van der Waals surface area (Å²) in [6, 6.07) is 4.37. The Bertz CT molecular complexity index is 365. The van der Waals surface area contributed by atoms with Crippen LogP contribution in [0.3, 0.4) is 0 Å². The van der Waals surface area contributed by atoms with Crippen LogP contribution in [-0.2, 0) is 0 Å². The van der Waals surface area contributed by atoms with E-state index in [4.69, 9.17) is 9.84 Å². The van der Waals surface area contributed by atoms with Gasteiger partial charge in [0, 0.05) is 0 Å². The number of anilines is 1. The first-order valence-corrected chi connectivity index (χ1v) is 4.31. The fourth-order valence-electron chi connectivity index (χ4n) is 1.14. The van der Waals surface area contributed by atoms with Crippen molar-refractivity contribution in [1.29, 1.82) is 0 Å². The number of nitro benzene ring substituents is 1. The SMILES string of the molecule is COc1ccc(NC(C)O)c([N+](=O)[O-])c1. The van der Waals surface area contributed by atoms with E-state index in [1.807, 2.05) is 0 Å². The molecule has 1 aromatic rings. The number of benzene rings is 1. The molecule has 15 heavy (non-hydrogen) atoms. The van der Waals surface area contributed by atoms with Crippen molar-refractivity contribution in [3.63, 3.8) is 0 Å². The summed E-state index contributed by atoms with van der Waals surface area (Å²) >= 11 is 0. The molecule has 1 atom stereocenters. The van der Waals surface area contributed by atoms with E-state index in [1.165, 1.54) is 26.2 Å². The molecule has 0 saturated carbocycles. The lowest BCUT2D eigenvalue weighted by molar-refractivity contribution is -0.384. The van der Waals surface area contributed by atoms with Gasteiger partial charge in [-0.1, -0.05) is 0 Å². The average molecular weight is 212 g/mol. The zero-order chi connectivity index (χ0) is 11.4. The van der Waals surface area contributed by atoms with Gasteiger partial charge in [-0.15, -0.1) is 0 Å². The number of hydrogen-bond donors (Lipinski definition) is 2. The summed E-state index contributed by atoms with van der Waals surface area (Å²) in [6.07, 6.45) is -0.850. The van der Waals surface area contributed by atoms with Crippen molar-refractivity contribution in [2.75, 3.05) is 12.4 Å². The summed E-state index contributed by atoms with van der Waals surface area (Å²) in [4.78, 5) is 10.2. The van der Waals surface area contributed by atoms with Gasteiger partial charge in [-0.25, -0.2) is 0 Å². The highest BCUT2D eigenvalue weighted by molar-refractivity contribution is 5.64. The van der Waals surface area contributed by atoms with E-state index in [9.17, 15) is 10.1 Å². The third kappa shape index (κ3) is 2.81. The van der Waals surface area contributed by atoms with Gasteiger partial charge in [0.2, 0.25) is 0 Å². The molecule has 1 rings (SSSR count). The molecule has 0 aliphatic carbocycles. The number of ether oxygens (including phenoxy) is 1. The number of rotatable bonds is 4. The molecule has 0 heterocycles. The van der Waals surface area contributed by atoms with Gasteiger partial charge >= 0.3 is 0 Å². The van der Waals surface area contributed by atoms with Crippen molar-refractivity contribution >= 4 is 11.4 Å². The molecule has 0 bridgehead atoms. The van der Waals surface area contributed by atoms with E-state index >= 15 is 0 Å². The van der Waals surface area contributed by atoms with E-state index in [0.717, 1.165) is 0 Å². The quantitative estimate of drug-likeness (QED) is 0.447. The van der Waals surface area contributed by atoms with Gasteiger partial charge in [-0.05, 0) is 19.1 Å². The third-order valence-corrected chi connectivity index (χ3v) is 1.77. The lowest BCUT2D eigenvalue weighted by Gasteiger charge is -2.10. The normalized spacial score (nSPS) is 11.9. The summed E-state index contributed by atoms with van der Waals surface area (Å²) in [5, 5.41) is 22.3. The second-order valence-corrected chi connectivity index (χ2v) is 2.96. The Labute approximate surface area is 86.6 Å². The highest BCUT2D eigenvalue weighted by atomic mass is 16.6. The van der Waals surface area contributed by atoms with E-state index < -0.39 is 11.2 Å². The zero-order valence-corrected chi connectivity index (χ0v) is 8.43. The van der Waals surface area contributed by atoms with Crippen molar-refractivity contribution in [2.45, 2.75) is 13.2 Å². The summed E-state index contributed by atoms with van der Waals surface area (Å²) in [7, 11) is 1.43. The molecule has 1 unspecified atom stereocenters. The Morgan fingerprint density at radius 1 is 1.60 bits per heavy atom. The van der Waals surface area contributed by atoms with E-state index in [2.05, 4.69) is 5.32 Å². The number of nitrogens with zero attached hydrogens (tertiary/aromatic N) is 1. The van der Waals surface area contributed by atoms with E-state index in [-0.39, 0.29) is 11.4 Å². The van der Waals surface area contributed by atoms with E-state index in [0.29, 0.717) is 5.75 Å². The molecule has 1 aromatic carbocycles. The van der Waals surface area contributed by atoms with Crippen LogP contribution >= 0.6 is 0 Å². The van der Waals surface area contributed by atoms with Gasteiger partial charge in [0.05, 0.1) is 18.1 Å². The Morgan fingerprint density at radius 2 is 2.27 bits per heavy atom. The van der Waals surface area contributed by atoms with Crippen molar-refractivity contribution in [1.82, 2.24) is 0 Å². The molecular formula is C9H12N2O4. The second kappa shape index (κ2) is 4.61. The van der Waals surface area contributed by atoms with Crippen molar-refractivity contribution in [2.24, 2.45) is 0 Å². The number of methoxy groups -OCH3 is 1. The maximum Gasteiger partial charge on any atom is 0.296 e. The summed E-state index contributed by atoms with van der Waals surface area (Å²) < 4.78 is 4.87. The molecule has 0 amide bonds. The van der Waals surface area contributed by atoms with Crippen LogP contribution < -0.4 is 10.1 Å². The van der Waals surface area contributed by atoms with Gasteiger partial charge in [0.25, 0.3) is 5.69 Å². The molecule has 0 radical (unpaired) electrons. The van der Waals surface area contributed by atoms with Gasteiger partial charge < -0.3 is 15.2 Å². The highest BCUT2D eigenvalue weighted by Gasteiger charge is 2.15. The van der Waals surface area contributed by atoms with Gasteiger partial charge in [0.15, 0.2) is 0 Å². The molecule has 82 valence electrons. The fourth-order valence-corrected chi connectivity index (χ4v) is 1.14. The molecule has 0 spiro atoms. The van der Waals surface area contributed by atoms with Crippen molar-refractivity contribution in [3.05, 3.63) is 28.3 Å². The molecular weight excluding hydrogens is 200 g/mol. The molecule has 6 heteroatoms. The number of aliphatic hydroxyl groups is 1. The molecule has 0 aliphatic rings. The third-order valence-electron chi connectivity index (χ3n) is 1.77. The van der Waals surface area contributed by atoms with Crippen molar-refractivity contribution in [3.8, 4) is 5.75 Å². The zero-order valence-electron chi connectivity index (χ0n) is 8.43. The summed E-state index contributed by atoms with van der Waals surface area (Å²) in [5.74, 6) is 0.401. The maximum absolute atomic E-state index is 10.7. The van der Waals surface area contributed by atoms with Crippen LogP contribution in [0.25, 0.3) is 0 Å². The van der Waals surface area contributed by atoms with Gasteiger partial charge in [-0.3, -0.25) is 10.1 Å². The first-order valence-electron chi connectivity index (χ1n) is 4.31. The molecule has 0 saturated heterocycles. The Morgan fingerprint density at radius 3 is 2.73 bits per heavy atom. The predicted molar refractivity (Wildman–Crippen MR) is 55.0 cm³/mol. The van der Waals surface area contributed by atoms with Crippen LogP contribution in [0, 0.1) is 10.1 Å². The molecule has 6 nitrogen and oxygen atoms in total. The number of hydrogen-bond acceptors (Lipinski definition) is 5. The number of nitrogens with one attached hydrogen (secondary N) is 1. The minimum Gasteiger partial charge on any atom is -0.496 e. The Kier molecular flexibility index (Phi) is 3.46. The smallest absolute Gasteiger partial charge is 0.296 e. The highest BCUT2D eigenvalue weighted by Crippen LogP contribution is 2.29. The van der Waals surface area contributed by atoms with Crippen LogP contribution in [0.4, 0.5) is 11.4 Å². The van der Waals surface area contributed by atoms with Crippen LogP contribution in [-0.4, -0.2) is 23.4 Å². The predicted octanol–water partition coefficient (Wildman–Crippen LogP) is 1.35. The number of aliphatic hydroxyl groups excluding tert-OH is 1. The lowest BCUT2D eigenvalue weighted by atomic mass is 10.2. The Hall–Kier alpha value is -1.82. The fraction of sp³-hybridized carbons (Fsp3) is 0.333.